The van der Waals surface area contributed by atoms with E-state index in [1.54, 1.807) is 11.3 Å². The minimum atomic E-state index is 0.542. The Labute approximate surface area is 106 Å². The van der Waals surface area contributed by atoms with E-state index in [0.717, 1.165) is 12.1 Å². The zero-order chi connectivity index (χ0) is 11.7. The van der Waals surface area contributed by atoms with Crippen LogP contribution < -0.4 is 5.73 Å². The molecule has 0 fully saturated rings. The van der Waals surface area contributed by atoms with Gasteiger partial charge in [0.2, 0.25) is 0 Å². The van der Waals surface area contributed by atoms with Crippen LogP contribution in [-0.4, -0.2) is 4.98 Å². The lowest BCUT2D eigenvalue weighted by molar-refractivity contribution is 0.911. The van der Waals surface area contributed by atoms with Crippen molar-refractivity contribution in [3.63, 3.8) is 0 Å². The van der Waals surface area contributed by atoms with Gasteiger partial charge in [-0.25, -0.2) is 4.98 Å². The molecule has 0 aliphatic heterocycles. The van der Waals surface area contributed by atoms with Gasteiger partial charge in [-0.1, -0.05) is 18.2 Å². The number of benzene rings is 1. The molecule has 0 saturated heterocycles. The van der Waals surface area contributed by atoms with Gasteiger partial charge in [-0.3, -0.25) is 0 Å². The summed E-state index contributed by atoms with van der Waals surface area (Å²) in [6.07, 6.45) is 4.75. The van der Waals surface area contributed by atoms with E-state index in [0.29, 0.717) is 6.54 Å². The lowest BCUT2D eigenvalue weighted by Crippen LogP contribution is -1.97. The minimum absolute atomic E-state index is 0.542. The van der Waals surface area contributed by atoms with Crippen LogP contribution in [0.2, 0.25) is 0 Å². The zero-order valence-electron chi connectivity index (χ0n) is 9.78. The fraction of sp³-hybridized carbons (Fsp3) is 0.357. The fourth-order valence-electron chi connectivity index (χ4n) is 2.43. The second kappa shape index (κ2) is 4.59. The normalized spacial score (nSPS) is 13.9. The molecule has 3 rings (SSSR count). The highest BCUT2D eigenvalue weighted by molar-refractivity contribution is 7.09. The smallest absolute Gasteiger partial charge is 0.0972 e. The monoisotopic (exact) mass is 244 g/mol. The molecule has 17 heavy (non-hydrogen) atoms. The molecular formula is C14H16N2S. The Kier molecular flexibility index (Phi) is 2.95. The maximum absolute atomic E-state index is 5.57. The van der Waals surface area contributed by atoms with Crippen LogP contribution in [-0.2, 0) is 25.8 Å². The second-order valence-corrected chi connectivity index (χ2v) is 5.51. The molecule has 1 aliphatic rings. The predicted molar refractivity (Wildman–Crippen MR) is 71.3 cm³/mol. The van der Waals surface area contributed by atoms with E-state index in [-0.39, 0.29) is 0 Å². The molecule has 0 atom stereocenters. The quantitative estimate of drug-likeness (QED) is 0.901. The van der Waals surface area contributed by atoms with Crippen molar-refractivity contribution in [2.45, 2.75) is 32.2 Å². The molecule has 0 saturated carbocycles. The summed E-state index contributed by atoms with van der Waals surface area (Å²) in [5.74, 6) is 0. The summed E-state index contributed by atoms with van der Waals surface area (Å²) in [6, 6.07) is 6.88. The van der Waals surface area contributed by atoms with Gasteiger partial charge in [-0.15, -0.1) is 11.3 Å². The van der Waals surface area contributed by atoms with Gasteiger partial charge < -0.3 is 5.73 Å². The Morgan fingerprint density at radius 3 is 2.94 bits per heavy atom. The highest BCUT2D eigenvalue weighted by atomic mass is 32.1. The molecule has 1 aromatic carbocycles. The van der Waals surface area contributed by atoms with Crippen LogP contribution in [0.4, 0.5) is 0 Å². The molecule has 2 nitrogen and oxygen atoms in total. The van der Waals surface area contributed by atoms with E-state index in [9.17, 15) is 0 Å². The molecule has 2 N–H and O–H groups in total. The molecule has 1 aliphatic carbocycles. The van der Waals surface area contributed by atoms with Gasteiger partial charge in [0.05, 0.1) is 10.7 Å². The van der Waals surface area contributed by atoms with Gasteiger partial charge in [-0.05, 0) is 36.0 Å². The first-order valence-electron chi connectivity index (χ1n) is 6.09. The summed E-state index contributed by atoms with van der Waals surface area (Å²) in [5.41, 5.74) is 11.0. The topological polar surface area (TPSA) is 38.9 Å². The van der Waals surface area contributed by atoms with Crippen LogP contribution in [0, 0.1) is 0 Å². The summed E-state index contributed by atoms with van der Waals surface area (Å²) in [5, 5.41) is 3.23. The highest BCUT2D eigenvalue weighted by Gasteiger charge is 2.11. The molecule has 1 aromatic heterocycles. The lowest BCUT2D eigenvalue weighted by atomic mass is 10.0. The average molecular weight is 244 g/mol. The minimum Gasteiger partial charge on any atom is -0.325 e. The molecule has 1 heterocycles. The molecule has 3 heteroatoms. The van der Waals surface area contributed by atoms with Crippen LogP contribution >= 0.6 is 11.3 Å². The van der Waals surface area contributed by atoms with E-state index in [1.165, 1.54) is 41.0 Å². The first-order chi connectivity index (χ1) is 8.35. The maximum atomic E-state index is 5.57. The van der Waals surface area contributed by atoms with Crippen molar-refractivity contribution < 1.29 is 0 Å². The Balaban J connectivity index is 1.80. The summed E-state index contributed by atoms with van der Waals surface area (Å²) in [7, 11) is 0. The van der Waals surface area contributed by atoms with Crippen molar-refractivity contribution in [2.75, 3.05) is 0 Å². The van der Waals surface area contributed by atoms with Gasteiger partial charge in [-0.2, -0.15) is 0 Å². The van der Waals surface area contributed by atoms with Crippen molar-refractivity contribution in [3.05, 3.63) is 51.0 Å². The Bertz CT molecular complexity index is 531. The van der Waals surface area contributed by atoms with Crippen molar-refractivity contribution in [1.82, 2.24) is 4.98 Å². The van der Waals surface area contributed by atoms with E-state index in [4.69, 9.17) is 5.73 Å². The summed E-state index contributed by atoms with van der Waals surface area (Å²) in [4.78, 5) is 4.51. The number of thiazole rings is 1. The Morgan fingerprint density at radius 1 is 1.24 bits per heavy atom. The third-order valence-corrected chi connectivity index (χ3v) is 4.22. The SMILES string of the molecule is NCc1csc(Cc2ccc3c(c2)CCC3)n1. The van der Waals surface area contributed by atoms with E-state index >= 15 is 0 Å². The van der Waals surface area contributed by atoms with Crippen LogP contribution in [0.3, 0.4) is 0 Å². The number of nitrogens with zero attached hydrogens (tertiary/aromatic N) is 1. The molecule has 0 bridgehead atoms. The zero-order valence-corrected chi connectivity index (χ0v) is 10.6. The molecule has 0 spiro atoms. The third-order valence-electron chi connectivity index (χ3n) is 3.33. The molecule has 0 amide bonds. The van der Waals surface area contributed by atoms with Crippen molar-refractivity contribution in [2.24, 2.45) is 5.73 Å². The number of fused-ring (bicyclic) bond motifs is 1. The molecule has 0 unspecified atom stereocenters. The van der Waals surface area contributed by atoms with Crippen LogP contribution in [0.15, 0.2) is 23.6 Å². The van der Waals surface area contributed by atoms with Gasteiger partial charge in [0.15, 0.2) is 0 Å². The fourth-order valence-corrected chi connectivity index (χ4v) is 3.27. The van der Waals surface area contributed by atoms with Crippen molar-refractivity contribution in [1.29, 1.82) is 0 Å². The number of aryl methyl sites for hydroxylation is 2. The van der Waals surface area contributed by atoms with Gasteiger partial charge in [0.25, 0.3) is 0 Å². The molecular weight excluding hydrogens is 228 g/mol. The average Bonchev–Trinajstić information content (AvgIpc) is 2.96. The van der Waals surface area contributed by atoms with Gasteiger partial charge in [0, 0.05) is 18.3 Å². The first-order valence-corrected chi connectivity index (χ1v) is 6.97. The number of aromatic nitrogens is 1. The summed E-state index contributed by atoms with van der Waals surface area (Å²) < 4.78 is 0. The predicted octanol–water partition coefficient (Wildman–Crippen LogP) is 2.68. The van der Waals surface area contributed by atoms with Crippen LogP contribution in [0.5, 0.6) is 0 Å². The van der Waals surface area contributed by atoms with E-state index in [2.05, 4.69) is 28.6 Å². The van der Waals surface area contributed by atoms with Gasteiger partial charge in [0.1, 0.15) is 0 Å². The van der Waals surface area contributed by atoms with Crippen molar-refractivity contribution in [3.8, 4) is 0 Å². The maximum Gasteiger partial charge on any atom is 0.0972 e. The second-order valence-electron chi connectivity index (χ2n) is 4.57. The standard InChI is InChI=1S/C14H16N2S/c15-8-13-9-17-14(16-13)7-10-4-5-11-2-1-3-12(11)6-10/h4-6,9H,1-3,7-8,15H2. The number of hydrogen-bond acceptors (Lipinski definition) is 3. The lowest BCUT2D eigenvalue weighted by Gasteiger charge is -2.03. The largest absolute Gasteiger partial charge is 0.325 e. The summed E-state index contributed by atoms with van der Waals surface area (Å²) >= 11 is 1.71. The van der Waals surface area contributed by atoms with Crippen LogP contribution in [0.1, 0.15) is 33.8 Å². The highest BCUT2D eigenvalue weighted by Crippen LogP contribution is 2.24. The molecule has 0 radical (unpaired) electrons. The van der Waals surface area contributed by atoms with E-state index < -0.39 is 0 Å². The van der Waals surface area contributed by atoms with Gasteiger partial charge >= 0.3 is 0 Å². The first kappa shape index (κ1) is 10.9. The summed E-state index contributed by atoms with van der Waals surface area (Å²) in [6.45, 7) is 0.542. The Morgan fingerprint density at radius 2 is 2.12 bits per heavy atom. The van der Waals surface area contributed by atoms with Crippen LogP contribution in [0.25, 0.3) is 0 Å². The molecule has 88 valence electrons. The number of rotatable bonds is 3. The number of hydrogen-bond donors (Lipinski definition) is 1. The molecule has 2 aromatic rings. The van der Waals surface area contributed by atoms with E-state index in [1.807, 2.05) is 0 Å². The Hall–Kier alpha value is -1.19. The van der Waals surface area contributed by atoms with Crippen molar-refractivity contribution >= 4 is 11.3 Å². The number of nitrogens with two attached hydrogens (primary N) is 1. The third kappa shape index (κ3) is 2.26.